The number of halogens is 2. The molecular weight excluding hydrogens is 255 g/mol. The van der Waals surface area contributed by atoms with Crippen LogP contribution < -0.4 is 11.3 Å². The van der Waals surface area contributed by atoms with Crippen molar-refractivity contribution in [1.29, 1.82) is 0 Å². The molecule has 0 spiro atoms. The highest BCUT2D eigenvalue weighted by atomic mass is 35.5. The van der Waals surface area contributed by atoms with Crippen LogP contribution in [-0.4, -0.2) is 0 Å². The van der Waals surface area contributed by atoms with E-state index in [1.165, 1.54) is 6.07 Å². The third-order valence-electron chi connectivity index (χ3n) is 2.87. The number of benzene rings is 1. The first kappa shape index (κ1) is 13.1. The summed E-state index contributed by atoms with van der Waals surface area (Å²) in [5.74, 6) is 5.80. The van der Waals surface area contributed by atoms with Crippen molar-refractivity contribution in [3.63, 3.8) is 0 Å². The Balaban J connectivity index is 2.26. The molecule has 2 aromatic rings. The summed E-state index contributed by atoms with van der Waals surface area (Å²) in [6.07, 6.45) is 1.96. The summed E-state index contributed by atoms with van der Waals surface area (Å²) >= 11 is 5.75. The van der Waals surface area contributed by atoms with Crippen LogP contribution in [0.25, 0.3) is 0 Å². The lowest BCUT2D eigenvalue weighted by atomic mass is 10.0. The summed E-state index contributed by atoms with van der Waals surface area (Å²) in [7, 11) is 0. The Hall–Kier alpha value is -1.36. The van der Waals surface area contributed by atoms with E-state index in [9.17, 15) is 4.39 Å². The van der Waals surface area contributed by atoms with Crippen molar-refractivity contribution < 1.29 is 8.81 Å². The van der Waals surface area contributed by atoms with E-state index in [4.69, 9.17) is 21.9 Å². The zero-order valence-corrected chi connectivity index (χ0v) is 10.7. The minimum absolute atomic E-state index is 0.111. The van der Waals surface area contributed by atoms with E-state index in [1.807, 2.05) is 13.0 Å². The molecule has 0 amide bonds. The normalized spacial score (nSPS) is 12.7. The number of aryl methyl sites for hydroxylation is 1. The molecule has 0 fully saturated rings. The average molecular weight is 269 g/mol. The molecule has 5 heteroatoms. The number of furan rings is 1. The van der Waals surface area contributed by atoms with Gasteiger partial charge in [0.15, 0.2) is 0 Å². The van der Waals surface area contributed by atoms with Crippen molar-refractivity contribution in [1.82, 2.24) is 5.43 Å². The highest BCUT2D eigenvalue weighted by Gasteiger charge is 2.18. The fraction of sp³-hybridized carbons (Fsp3) is 0.231. The van der Waals surface area contributed by atoms with Crippen LogP contribution in [-0.2, 0) is 6.42 Å². The lowest BCUT2D eigenvalue weighted by Gasteiger charge is -2.15. The molecule has 1 heterocycles. The molecule has 18 heavy (non-hydrogen) atoms. The zero-order valence-electron chi connectivity index (χ0n) is 9.91. The molecule has 1 unspecified atom stereocenters. The lowest BCUT2D eigenvalue weighted by molar-refractivity contribution is 0.409. The number of hydrogen-bond donors (Lipinski definition) is 2. The van der Waals surface area contributed by atoms with Crippen LogP contribution >= 0.6 is 11.6 Å². The minimum atomic E-state index is -0.413. The second-order valence-electron chi connectivity index (χ2n) is 4.10. The minimum Gasteiger partial charge on any atom is -0.467 e. The fourth-order valence-corrected chi connectivity index (χ4v) is 2.09. The van der Waals surface area contributed by atoms with Gasteiger partial charge in [-0.25, -0.2) is 9.82 Å². The van der Waals surface area contributed by atoms with Crippen molar-refractivity contribution >= 4 is 11.6 Å². The van der Waals surface area contributed by atoms with Gasteiger partial charge in [0.25, 0.3) is 0 Å². The van der Waals surface area contributed by atoms with Gasteiger partial charge in [0, 0.05) is 0 Å². The van der Waals surface area contributed by atoms with Crippen molar-refractivity contribution in [2.75, 3.05) is 0 Å². The molecule has 3 nitrogen and oxygen atoms in total. The summed E-state index contributed by atoms with van der Waals surface area (Å²) in [5.41, 5.74) is 4.11. The van der Waals surface area contributed by atoms with E-state index >= 15 is 0 Å². The molecular formula is C13H14ClFN2O. The molecule has 96 valence electrons. The van der Waals surface area contributed by atoms with Crippen LogP contribution in [0.1, 0.15) is 22.9 Å². The van der Waals surface area contributed by atoms with Crippen molar-refractivity contribution in [3.8, 4) is 0 Å². The molecule has 1 aromatic heterocycles. The van der Waals surface area contributed by atoms with Crippen LogP contribution in [0.4, 0.5) is 4.39 Å². The van der Waals surface area contributed by atoms with E-state index < -0.39 is 5.82 Å². The highest BCUT2D eigenvalue weighted by molar-refractivity contribution is 6.30. The summed E-state index contributed by atoms with van der Waals surface area (Å²) < 4.78 is 19.2. The molecule has 3 N–H and O–H groups in total. The molecule has 0 radical (unpaired) electrons. The third kappa shape index (κ3) is 2.56. The fourth-order valence-electron chi connectivity index (χ4n) is 1.89. The van der Waals surface area contributed by atoms with Crippen LogP contribution in [0, 0.1) is 12.7 Å². The Bertz CT molecular complexity index is 542. The maximum Gasteiger partial charge on any atom is 0.145 e. The van der Waals surface area contributed by atoms with Gasteiger partial charge < -0.3 is 4.42 Å². The molecule has 0 saturated carbocycles. The quantitative estimate of drug-likeness (QED) is 0.662. The largest absolute Gasteiger partial charge is 0.467 e. The SMILES string of the molecule is Cc1ccoc1C(Cc1cccc(Cl)c1F)NN. The first-order valence-electron chi connectivity index (χ1n) is 5.56. The molecule has 2 rings (SSSR count). The maximum atomic E-state index is 13.8. The standard InChI is InChI=1S/C13H14ClFN2O/c1-8-5-6-18-13(8)11(17-16)7-9-3-2-4-10(14)12(9)15/h2-6,11,17H,7,16H2,1H3. The Labute approximate surface area is 110 Å². The molecule has 1 aromatic carbocycles. The van der Waals surface area contributed by atoms with Gasteiger partial charge in [0.2, 0.25) is 0 Å². The number of hydrazine groups is 1. The molecule has 0 aliphatic carbocycles. The van der Waals surface area contributed by atoms with E-state index in [1.54, 1.807) is 18.4 Å². The molecule has 1 atom stereocenters. The first-order chi connectivity index (χ1) is 8.63. The van der Waals surface area contributed by atoms with Crippen LogP contribution in [0.3, 0.4) is 0 Å². The Morgan fingerprint density at radius 3 is 2.83 bits per heavy atom. The maximum absolute atomic E-state index is 13.8. The Morgan fingerprint density at radius 1 is 1.44 bits per heavy atom. The van der Waals surface area contributed by atoms with Crippen LogP contribution in [0.15, 0.2) is 34.9 Å². The Morgan fingerprint density at radius 2 is 2.22 bits per heavy atom. The summed E-state index contributed by atoms with van der Waals surface area (Å²) in [6, 6.07) is 6.47. The van der Waals surface area contributed by atoms with E-state index in [-0.39, 0.29) is 11.1 Å². The monoisotopic (exact) mass is 268 g/mol. The van der Waals surface area contributed by atoms with Crippen LogP contribution in [0.5, 0.6) is 0 Å². The highest BCUT2D eigenvalue weighted by Crippen LogP contribution is 2.25. The molecule has 0 aliphatic rings. The van der Waals surface area contributed by atoms with Gasteiger partial charge in [-0.1, -0.05) is 23.7 Å². The van der Waals surface area contributed by atoms with Gasteiger partial charge in [-0.3, -0.25) is 5.84 Å². The van der Waals surface area contributed by atoms with Gasteiger partial charge in [-0.2, -0.15) is 0 Å². The Kier molecular flexibility index (Phi) is 4.01. The van der Waals surface area contributed by atoms with Gasteiger partial charge in [0.1, 0.15) is 11.6 Å². The second-order valence-corrected chi connectivity index (χ2v) is 4.51. The number of nitrogens with one attached hydrogen (secondary N) is 1. The summed E-state index contributed by atoms with van der Waals surface area (Å²) in [5, 5.41) is 0.111. The van der Waals surface area contributed by atoms with E-state index in [2.05, 4.69) is 5.43 Å². The topological polar surface area (TPSA) is 51.2 Å². The number of rotatable bonds is 4. The number of nitrogens with two attached hydrogens (primary N) is 1. The summed E-state index contributed by atoms with van der Waals surface area (Å²) in [4.78, 5) is 0. The van der Waals surface area contributed by atoms with Gasteiger partial charge >= 0.3 is 0 Å². The third-order valence-corrected chi connectivity index (χ3v) is 3.17. The van der Waals surface area contributed by atoms with Crippen molar-refractivity contribution in [2.45, 2.75) is 19.4 Å². The predicted octanol–water partition coefficient (Wildman–Crippen LogP) is 3.13. The molecule has 0 bridgehead atoms. The second kappa shape index (κ2) is 5.52. The average Bonchev–Trinajstić information content (AvgIpc) is 2.77. The smallest absolute Gasteiger partial charge is 0.145 e. The van der Waals surface area contributed by atoms with Gasteiger partial charge in [-0.15, -0.1) is 0 Å². The van der Waals surface area contributed by atoms with Gasteiger partial charge in [-0.05, 0) is 36.6 Å². The number of hydrogen-bond acceptors (Lipinski definition) is 3. The lowest BCUT2D eigenvalue weighted by Crippen LogP contribution is -2.30. The van der Waals surface area contributed by atoms with Crippen LogP contribution in [0.2, 0.25) is 5.02 Å². The molecule has 0 aliphatic heterocycles. The van der Waals surface area contributed by atoms with Crippen molar-refractivity contribution in [3.05, 3.63) is 58.3 Å². The molecule has 0 saturated heterocycles. The first-order valence-corrected chi connectivity index (χ1v) is 5.94. The van der Waals surface area contributed by atoms with E-state index in [0.29, 0.717) is 17.7 Å². The summed E-state index contributed by atoms with van der Waals surface area (Å²) in [6.45, 7) is 1.91. The predicted molar refractivity (Wildman–Crippen MR) is 68.6 cm³/mol. The van der Waals surface area contributed by atoms with E-state index in [0.717, 1.165) is 5.56 Å². The van der Waals surface area contributed by atoms with Crippen molar-refractivity contribution in [2.24, 2.45) is 5.84 Å². The zero-order chi connectivity index (χ0) is 13.1. The van der Waals surface area contributed by atoms with Gasteiger partial charge in [0.05, 0.1) is 17.3 Å².